The average Bonchev–Trinajstić information content (AvgIpc) is 2.24. The van der Waals surface area contributed by atoms with Gasteiger partial charge >= 0.3 is 5.97 Å². The monoisotopic (exact) mass is 249 g/mol. The van der Waals surface area contributed by atoms with Crippen molar-refractivity contribution < 1.29 is 23.1 Å². The van der Waals surface area contributed by atoms with E-state index in [1.807, 2.05) is 0 Å². The van der Waals surface area contributed by atoms with Gasteiger partial charge in [-0.2, -0.15) is 0 Å². The number of hydrogen-bond acceptors (Lipinski definition) is 5. The molecule has 1 atom stereocenters. The first-order valence-electron chi connectivity index (χ1n) is 5.22. The summed E-state index contributed by atoms with van der Waals surface area (Å²) in [6, 6.07) is 0. The van der Waals surface area contributed by atoms with Gasteiger partial charge in [-0.1, -0.05) is 0 Å². The van der Waals surface area contributed by atoms with Crippen molar-refractivity contribution in [1.82, 2.24) is 5.32 Å². The molecule has 2 aliphatic heterocycles. The zero-order valence-corrected chi connectivity index (χ0v) is 9.62. The van der Waals surface area contributed by atoms with Crippen LogP contribution < -0.4 is 5.32 Å². The van der Waals surface area contributed by atoms with E-state index in [0.717, 1.165) is 0 Å². The second-order valence-corrected chi connectivity index (χ2v) is 6.75. The predicted octanol–water partition coefficient (Wildman–Crippen LogP) is -0.993. The van der Waals surface area contributed by atoms with E-state index in [1.54, 1.807) is 0 Å². The van der Waals surface area contributed by atoms with Crippen molar-refractivity contribution in [2.45, 2.75) is 24.5 Å². The minimum Gasteiger partial charge on any atom is -0.479 e. The first-order valence-corrected chi connectivity index (χ1v) is 7.05. The van der Waals surface area contributed by atoms with Gasteiger partial charge in [-0.25, -0.2) is 13.2 Å². The molecule has 1 spiro atoms. The van der Waals surface area contributed by atoms with Crippen LogP contribution in [0.2, 0.25) is 0 Å². The number of nitrogens with one attached hydrogen (secondary N) is 1. The lowest BCUT2D eigenvalue weighted by molar-refractivity contribution is -0.155. The van der Waals surface area contributed by atoms with E-state index in [1.165, 1.54) is 0 Å². The standard InChI is InChI=1S/C9H15NO5S/c11-8(12)7-5-10-9(6-15-7)1-3-16(13,14)4-2-9/h7,10H,1-6H2,(H,11,12). The summed E-state index contributed by atoms with van der Waals surface area (Å²) in [6.07, 6.45) is 0.188. The van der Waals surface area contributed by atoms with Crippen LogP contribution in [0.4, 0.5) is 0 Å². The summed E-state index contributed by atoms with van der Waals surface area (Å²) in [5, 5.41) is 11.9. The maximum atomic E-state index is 11.3. The maximum absolute atomic E-state index is 11.3. The second-order valence-electron chi connectivity index (χ2n) is 4.45. The number of carbonyl (C=O) groups is 1. The normalized spacial score (nSPS) is 32.4. The number of hydrogen-bond donors (Lipinski definition) is 2. The number of carboxylic acid groups (broad SMARTS) is 1. The summed E-state index contributed by atoms with van der Waals surface area (Å²) in [7, 11) is -2.90. The first-order chi connectivity index (χ1) is 7.43. The van der Waals surface area contributed by atoms with Crippen molar-refractivity contribution in [3.05, 3.63) is 0 Å². The minimum absolute atomic E-state index is 0.154. The summed E-state index contributed by atoms with van der Waals surface area (Å²) in [5.41, 5.74) is -0.336. The third-order valence-corrected chi connectivity index (χ3v) is 4.93. The lowest BCUT2D eigenvalue weighted by atomic mass is 9.91. The molecule has 0 aromatic rings. The number of rotatable bonds is 1. The van der Waals surface area contributed by atoms with Gasteiger partial charge in [0.15, 0.2) is 6.10 Å². The predicted molar refractivity (Wildman–Crippen MR) is 56.0 cm³/mol. The topological polar surface area (TPSA) is 92.7 Å². The van der Waals surface area contributed by atoms with E-state index in [2.05, 4.69) is 5.32 Å². The van der Waals surface area contributed by atoms with Gasteiger partial charge < -0.3 is 15.2 Å². The van der Waals surface area contributed by atoms with Crippen LogP contribution >= 0.6 is 0 Å². The molecule has 0 aliphatic carbocycles. The van der Waals surface area contributed by atoms with E-state index in [0.29, 0.717) is 12.8 Å². The van der Waals surface area contributed by atoms with Crippen LogP contribution in [0.15, 0.2) is 0 Å². The van der Waals surface area contributed by atoms with Crippen LogP contribution in [0.1, 0.15) is 12.8 Å². The van der Waals surface area contributed by atoms with Crippen molar-refractivity contribution in [3.8, 4) is 0 Å². The molecule has 0 saturated carbocycles. The summed E-state index contributed by atoms with van der Waals surface area (Å²) in [6.45, 7) is 0.523. The van der Waals surface area contributed by atoms with Gasteiger partial charge in [-0.05, 0) is 12.8 Å². The lowest BCUT2D eigenvalue weighted by Gasteiger charge is -2.42. The Hall–Kier alpha value is -0.660. The number of morpholine rings is 1. The molecule has 7 heteroatoms. The summed E-state index contributed by atoms with van der Waals surface area (Å²) in [4.78, 5) is 10.7. The SMILES string of the molecule is O=C(O)C1CNC2(CCS(=O)(=O)CC2)CO1. The van der Waals surface area contributed by atoms with Crippen molar-refractivity contribution in [2.75, 3.05) is 24.7 Å². The molecule has 1 unspecified atom stereocenters. The highest BCUT2D eigenvalue weighted by Gasteiger charge is 2.41. The molecule has 0 aromatic heterocycles. The molecule has 2 fully saturated rings. The van der Waals surface area contributed by atoms with Crippen LogP contribution in [0, 0.1) is 0 Å². The summed E-state index contributed by atoms with van der Waals surface area (Å²) in [5.74, 6) is -0.673. The van der Waals surface area contributed by atoms with Crippen LogP contribution in [-0.4, -0.2) is 55.8 Å². The quantitative estimate of drug-likeness (QED) is 0.619. The fourth-order valence-corrected chi connectivity index (χ4v) is 3.70. The maximum Gasteiger partial charge on any atom is 0.334 e. The summed E-state index contributed by atoms with van der Waals surface area (Å²) >= 11 is 0. The number of sulfone groups is 1. The smallest absolute Gasteiger partial charge is 0.334 e. The third-order valence-electron chi connectivity index (χ3n) is 3.28. The lowest BCUT2D eigenvalue weighted by Crippen LogP contribution is -2.61. The fourth-order valence-electron chi connectivity index (χ4n) is 2.09. The highest BCUT2D eigenvalue weighted by molar-refractivity contribution is 7.91. The van der Waals surface area contributed by atoms with E-state index >= 15 is 0 Å². The highest BCUT2D eigenvalue weighted by Crippen LogP contribution is 2.27. The molecular formula is C9H15NO5S. The Morgan fingerprint density at radius 2 is 2.00 bits per heavy atom. The Labute approximate surface area is 93.9 Å². The molecule has 16 heavy (non-hydrogen) atoms. The van der Waals surface area contributed by atoms with E-state index in [-0.39, 0.29) is 30.2 Å². The number of ether oxygens (including phenoxy) is 1. The highest BCUT2D eigenvalue weighted by atomic mass is 32.2. The van der Waals surface area contributed by atoms with E-state index in [4.69, 9.17) is 9.84 Å². The van der Waals surface area contributed by atoms with E-state index < -0.39 is 21.9 Å². The van der Waals surface area contributed by atoms with Crippen molar-refractivity contribution in [3.63, 3.8) is 0 Å². The number of aliphatic carboxylic acids is 1. The van der Waals surface area contributed by atoms with Gasteiger partial charge in [0.2, 0.25) is 0 Å². The Morgan fingerprint density at radius 3 is 2.44 bits per heavy atom. The Kier molecular flexibility index (Phi) is 2.93. The van der Waals surface area contributed by atoms with Crippen LogP contribution in [-0.2, 0) is 19.4 Å². The van der Waals surface area contributed by atoms with E-state index in [9.17, 15) is 13.2 Å². The van der Waals surface area contributed by atoms with Gasteiger partial charge in [-0.15, -0.1) is 0 Å². The number of carboxylic acids is 1. The first kappa shape index (κ1) is 11.8. The zero-order valence-electron chi connectivity index (χ0n) is 8.81. The third kappa shape index (κ3) is 2.36. The van der Waals surface area contributed by atoms with Crippen molar-refractivity contribution in [2.24, 2.45) is 0 Å². The van der Waals surface area contributed by atoms with Gasteiger partial charge in [0, 0.05) is 12.1 Å². The molecule has 0 amide bonds. The zero-order chi connectivity index (χ0) is 11.8. The molecule has 2 rings (SSSR count). The summed E-state index contributed by atoms with van der Waals surface area (Å²) < 4.78 is 27.8. The molecule has 2 aliphatic rings. The largest absolute Gasteiger partial charge is 0.479 e. The van der Waals surface area contributed by atoms with Gasteiger partial charge in [0.05, 0.1) is 18.1 Å². The van der Waals surface area contributed by atoms with Gasteiger partial charge in [0.25, 0.3) is 0 Å². The molecular weight excluding hydrogens is 234 g/mol. The molecule has 6 nitrogen and oxygen atoms in total. The molecule has 0 radical (unpaired) electrons. The average molecular weight is 249 g/mol. The second kappa shape index (κ2) is 3.97. The molecule has 2 N–H and O–H groups in total. The molecule has 0 aromatic carbocycles. The Balaban J connectivity index is 1.96. The van der Waals surface area contributed by atoms with Crippen LogP contribution in [0.3, 0.4) is 0 Å². The fraction of sp³-hybridized carbons (Fsp3) is 0.889. The molecule has 0 bridgehead atoms. The van der Waals surface area contributed by atoms with Crippen LogP contribution in [0.25, 0.3) is 0 Å². The van der Waals surface area contributed by atoms with Gasteiger partial charge in [-0.3, -0.25) is 0 Å². The molecule has 2 heterocycles. The Morgan fingerprint density at radius 1 is 1.38 bits per heavy atom. The minimum atomic E-state index is -2.90. The Bertz CT molecular complexity index is 367. The molecule has 92 valence electrons. The van der Waals surface area contributed by atoms with Crippen LogP contribution in [0.5, 0.6) is 0 Å². The van der Waals surface area contributed by atoms with Crippen molar-refractivity contribution in [1.29, 1.82) is 0 Å². The van der Waals surface area contributed by atoms with Crippen molar-refractivity contribution >= 4 is 15.8 Å². The van der Waals surface area contributed by atoms with Gasteiger partial charge in [0.1, 0.15) is 9.84 Å². The molecule has 2 saturated heterocycles.